The molecule has 0 bridgehead atoms. The number of furan rings is 1. The predicted octanol–water partition coefficient (Wildman–Crippen LogP) is 2.12. The predicted molar refractivity (Wildman–Crippen MR) is 55.2 cm³/mol. The molecule has 1 aliphatic rings. The summed E-state index contributed by atoms with van der Waals surface area (Å²) in [6.07, 6.45) is 3.90. The molecule has 1 unspecified atom stereocenters. The summed E-state index contributed by atoms with van der Waals surface area (Å²) in [5.41, 5.74) is 0. The summed E-state index contributed by atoms with van der Waals surface area (Å²) < 4.78 is 7.53. The monoisotopic (exact) mass is 203 g/mol. The fourth-order valence-electron chi connectivity index (χ4n) is 2.08. The zero-order valence-corrected chi connectivity index (χ0v) is 8.68. The molecule has 0 saturated heterocycles. The van der Waals surface area contributed by atoms with Crippen molar-refractivity contribution >= 4 is 0 Å². The highest BCUT2D eigenvalue weighted by Gasteiger charge is 2.21. The summed E-state index contributed by atoms with van der Waals surface area (Å²) in [6, 6.07) is 3.81. The summed E-state index contributed by atoms with van der Waals surface area (Å²) in [5.74, 6) is 3.45. The van der Waals surface area contributed by atoms with E-state index in [1.165, 1.54) is 6.42 Å². The van der Waals surface area contributed by atoms with E-state index in [0.29, 0.717) is 5.92 Å². The van der Waals surface area contributed by atoms with Crippen molar-refractivity contribution in [3.05, 3.63) is 24.2 Å². The first-order valence-electron chi connectivity index (χ1n) is 5.30. The van der Waals surface area contributed by atoms with E-state index in [1.54, 1.807) is 6.26 Å². The van der Waals surface area contributed by atoms with Crippen molar-refractivity contribution in [1.29, 1.82) is 0 Å². The Balaban J connectivity index is 2.07. The van der Waals surface area contributed by atoms with Crippen LogP contribution in [0.5, 0.6) is 0 Å². The fourth-order valence-corrected chi connectivity index (χ4v) is 2.08. The average molecular weight is 203 g/mol. The van der Waals surface area contributed by atoms with Crippen LogP contribution in [-0.4, -0.2) is 14.8 Å². The Kier molecular flexibility index (Phi) is 1.87. The van der Waals surface area contributed by atoms with Crippen LogP contribution in [0.3, 0.4) is 0 Å². The molecular formula is C11H13N3O. The first-order chi connectivity index (χ1) is 7.34. The van der Waals surface area contributed by atoms with E-state index < -0.39 is 0 Å². The van der Waals surface area contributed by atoms with Gasteiger partial charge in [-0.05, 0) is 24.5 Å². The highest BCUT2D eigenvalue weighted by Crippen LogP contribution is 2.25. The van der Waals surface area contributed by atoms with Gasteiger partial charge in [-0.15, -0.1) is 10.2 Å². The normalized spacial score (nSPS) is 20.2. The Morgan fingerprint density at radius 2 is 2.40 bits per heavy atom. The van der Waals surface area contributed by atoms with Crippen LogP contribution in [0.2, 0.25) is 0 Å². The van der Waals surface area contributed by atoms with Crippen LogP contribution in [0.15, 0.2) is 22.8 Å². The van der Waals surface area contributed by atoms with Crippen LogP contribution < -0.4 is 0 Å². The number of rotatable bonds is 1. The topological polar surface area (TPSA) is 43.9 Å². The third kappa shape index (κ3) is 1.37. The van der Waals surface area contributed by atoms with Crippen molar-refractivity contribution in [3.8, 4) is 11.6 Å². The number of hydrogen-bond donors (Lipinski definition) is 0. The van der Waals surface area contributed by atoms with Gasteiger partial charge in [-0.25, -0.2) is 0 Å². The number of nitrogens with zero attached hydrogens (tertiary/aromatic N) is 3. The van der Waals surface area contributed by atoms with Crippen molar-refractivity contribution in [2.24, 2.45) is 5.92 Å². The molecule has 2 aromatic rings. The summed E-state index contributed by atoms with van der Waals surface area (Å²) in [7, 11) is 0. The van der Waals surface area contributed by atoms with E-state index in [-0.39, 0.29) is 0 Å². The van der Waals surface area contributed by atoms with Crippen LogP contribution in [0.25, 0.3) is 11.6 Å². The first-order valence-corrected chi connectivity index (χ1v) is 5.30. The van der Waals surface area contributed by atoms with E-state index in [0.717, 1.165) is 30.4 Å². The number of fused-ring (bicyclic) bond motifs is 1. The highest BCUT2D eigenvalue weighted by atomic mass is 16.3. The third-order valence-electron chi connectivity index (χ3n) is 2.92. The highest BCUT2D eigenvalue weighted by molar-refractivity contribution is 5.46. The van der Waals surface area contributed by atoms with Crippen LogP contribution >= 0.6 is 0 Å². The molecule has 0 N–H and O–H groups in total. The zero-order chi connectivity index (χ0) is 10.3. The van der Waals surface area contributed by atoms with Gasteiger partial charge in [-0.1, -0.05) is 6.92 Å². The van der Waals surface area contributed by atoms with Crippen LogP contribution in [0, 0.1) is 5.92 Å². The molecule has 2 aromatic heterocycles. The second-order valence-electron chi connectivity index (χ2n) is 4.17. The standard InChI is InChI=1S/C11H13N3O/c1-8-4-5-10-12-13-11(14(10)7-8)9-3-2-6-15-9/h2-3,6,8H,4-5,7H2,1H3. The maximum absolute atomic E-state index is 5.36. The number of aromatic nitrogens is 3. The van der Waals surface area contributed by atoms with Gasteiger partial charge in [-0.3, -0.25) is 0 Å². The summed E-state index contributed by atoms with van der Waals surface area (Å²) >= 11 is 0. The van der Waals surface area contributed by atoms with Gasteiger partial charge in [0.05, 0.1) is 6.26 Å². The molecule has 0 fully saturated rings. The van der Waals surface area contributed by atoms with Crippen LogP contribution in [0.1, 0.15) is 19.2 Å². The molecule has 0 aromatic carbocycles. The molecule has 15 heavy (non-hydrogen) atoms. The molecule has 1 atom stereocenters. The summed E-state index contributed by atoms with van der Waals surface area (Å²) in [5, 5.41) is 8.39. The molecule has 3 heterocycles. The minimum atomic E-state index is 0.696. The molecule has 1 aliphatic heterocycles. The lowest BCUT2D eigenvalue weighted by molar-refractivity contribution is 0.394. The van der Waals surface area contributed by atoms with Gasteiger partial charge in [0.25, 0.3) is 0 Å². The molecule has 0 saturated carbocycles. The van der Waals surface area contributed by atoms with Crippen molar-refractivity contribution in [2.45, 2.75) is 26.3 Å². The van der Waals surface area contributed by atoms with E-state index in [1.807, 2.05) is 12.1 Å². The van der Waals surface area contributed by atoms with Gasteiger partial charge in [0.1, 0.15) is 5.82 Å². The smallest absolute Gasteiger partial charge is 0.199 e. The third-order valence-corrected chi connectivity index (χ3v) is 2.92. The van der Waals surface area contributed by atoms with Gasteiger partial charge in [-0.2, -0.15) is 0 Å². The Labute approximate surface area is 87.9 Å². The van der Waals surface area contributed by atoms with Gasteiger partial charge < -0.3 is 8.98 Å². The average Bonchev–Trinajstić information content (AvgIpc) is 2.83. The summed E-state index contributed by atoms with van der Waals surface area (Å²) in [6.45, 7) is 3.26. The maximum Gasteiger partial charge on any atom is 0.199 e. The van der Waals surface area contributed by atoms with Gasteiger partial charge >= 0.3 is 0 Å². The number of aryl methyl sites for hydroxylation is 1. The van der Waals surface area contributed by atoms with Crippen LogP contribution in [-0.2, 0) is 13.0 Å². The van der Waals surface area contributed by atoms with Crippen LogP contribution in [0.4, 0.5) is 0 Å². The van der Waals surface area contributed by atoms with Crippen molar-refractivity contribution in [2.75, 3.05) is 0 Å². The molecule has 0 spiro atoms. The van der Waals surface area contributed by atoms with E-state index in [4.69, 9.17) is 4.42 Å². The largest absolute Gasteiger partial charge is 0.461 e. The molecular weight excluding hydrogens is 190 g/mol. The molecule has 78 valence electrons. The van der Waals surface area contributed by atoms with Gasteiger partial charge in [0.2, 0.25) is 0 Å². The molecule has 0 radical (unpaired) electrons. The Morgan fingerprint density at radius 3 is 3.20 bits per heavy atom. The molecule has 0 amide bonds. The lowest BCUT2D eigenvalue weighted by atomic mass is 10.0. The SMILES string of the molecule is CC1CCc2nnc(-c3ccco3)n2C1. The maximum atomic E-state index is 5.36. The van der Waals surface area contributed by atoms with Gasteiger partial charge in [0, 0.05) is 13.0 Å². The summed E-state index contributed by atoms with van der Waals surface area (Å²) in [4.78, 5) is 0. The Bertz CT molecular complexity index is 458. The Hall–Kier alpha value is -1.58. The molecule has 4 nitrogen and oxygen atoms in total. The van der Waals surface area contributed by atoms with E-state index >= 15 is 0 Å². The lowest BCUT2D eigenvalue weighted by Gasteiger charge is -2.20. The van der Waals surface area contributed by atoms with Gasteiger partial charge in [0.15, 0.2) is 11.6 Å². The fraction of sp³-hybridized carbons (Fsp3) is 0.455. The Morgan fingerprint density at radius 1 is 1.47 bits per heavy atom. The molecule has 4 heteroatoms. The minimum absolute atomic E-state index is 0.696. The van der Waals surface area contributed by atoms with Crippen molar-refractivity contribution in [3.63, 3.8) is 0 Å². The molecule has 3 rings (SSSR count). The van der Waals surface area contributed by atoms with E-state index in [9.17, 15) is 0 Å². The van der Waals surface area contributed by atoms with Crippen molar-refractivity contribution in [1.82, 2.24) is 14.8 Å². The molecule has 0 aliphatic carbocycles. The number of hydrogen-bond acceptors (Lipinski definition) is 3. The second-order valence-corrected chi connectivity index (χ2v) is 4.17. The zero-order valence-electron chi connectivity index (χ0n) is 8.68. The lowest BCUT2D eigenvalue weighted by Crippen LogP contribution is -2.18. The second kappa shape index (κ2) is 3.22. The van der Waals surface area contributed by atoms with E-state index in [2.05, 4.69) is 21.7 Å². The quantitative estimate of drug-likeness (QED) is 0.713. The first kappa shape index (κ1) is 8.71. The minimum Gasteiger partial charge on any atom is -0.461 e. The van der Waals surface area contributed by atoms with Crippen molar-refractivity contribution < 1.29 is 4.42 Å².